The minimum atomic E-state index is -1.24. The third-order valence-corrected chi connectivity index (χ3v) is 3.26. The van der Waals surface area contributed by atoms with Crippen LogP contribution in [0.5, 0.6) is 0 Å². The van der Waals surface area contributed by atoms with Crippen LogP contribution in [0.4, 0.5) is 0 Å². The van der Waals surface area contributed by atoms with E-state index >= 15 is 0 Å². The van der Waals surface area contributed by atoms with Gasteiger partial charge in [-0.2, -0.15) is 0 Å². The molecule has 0 radical (unpaired) electrons. The number of amides is 1. The Labute approximate surface area is 131 Å². The van der Waals surface area contributed by atoms with Crippen molar-refractivity contribution in [3.8, 4) is 0 Å². The van der Waals surface area contributed by atoms with Gasteiger partial charge < -0.3 is 24.6 Å². The van der Waals surface area contributed by atoms with E-state index in [1.165, 1.54) is 6.92 Å². The fraction of sp³-hybridized carbons (Fsp3) is 0.867. The van der Waals surface area contributed by atoms with E-state index in [0.717, 1.165) is 0 Å². The second-order valence-electron chi connectivity index (χ2n) is 5.77. The van der Waals surface area contributed by atoms with E-state index in [1.54, 1.807) is 0 Å². The molecule has 1 amide bonds. The third kappa shape index (κ3) is 6.29. The highest BCUT2D eigenvalue weighted by molar-refractivity contribution is 5.73. The third-order valence-electron chi connectivity index (χ3n) is 3.26. The molecule has 0 aliphatic carbocycles. The molecule has 1 fully saturated rings. The quantitative estimate of drug-likeness (QED) is 0.673. The second kappa shape index (κ2) is 9.07. The lowest BCUT2D eigenvalue weighted by Crippen LogP contribution is -2.58. The molecule has 1 saturated heterocycles. The fourth-order valence-corrected chi connectivity index (χ4v) is 2.29. The molecule has 4 atom stereocenters. The Balaban J connectivity index is 2.71. The summed E-state index contributed by atoms with van der Waals surface area (Å²) >= 11 is 0. The summed E-state index contributed by atoms with van der Waals surface area (Å²) in [6.45, 7) is 7.32. The van der Waals surface area contributed by atoms with Crippen molar-refractivity contribution in [1.29, 1.82) is 0 Å². The number of ether oxygens (including phenoxy) is 3. The number of aliphatic hydroxyl groups is 1. The number of aliphatic hydroxyl groups excluding tert-OH is 1. The average molecular weight is 317 g/mol. The summed E-state index contributed by atoms with van der Waals surface area (Å²) in [7, 11) is 0. The van der Waals surface area contributed by atoms with Crippen molar-refractivity contribution < 1.29 is 28.9 Å². The molecule has 22 heavy (non-hydrogen) atoms. The summed E-state index contributed by atoms with van der Waals surface area (Å²) in [5.74, 6) is -0.665. The molecule has 7 nitrogen and oxygen atoms in total. The number of rotatable bonds is 7. The van der Waals surface area contributed by atoms with Gasteiger partial charge in [0.1, 0.15) is 12.1 Å². The maximum atomic E-state index is 11.7. The molecule has 1 aliphatic rings. The lowest BCUT2D eigenvalue weighted by atomic mass is 9.99. The van der Waals surface area contributed by atoms with Crippen LogP contribution >= 0.6 is 0 Å². The van der Waals surface area contributed by atoms with Crippen LogP contribution in [0, 0.1) is 0 Å². The molecule has 7 heteroatoms. The molecule has 0 aromatic rings. The van der Waals surface area contributed by atoms with E-state index in [9.17, 15) is 14.7 Å². The summed E-state index contributed by atoms with van der Waals surface area (Å²) < 4.78 is 16.3. The molecule has 1 rings (SSSR count). The van der Waals surface area contributed by atoms with Crippen LogP contribution in [0.3, 0.4) is 0 Å². The number of carbonyl (C=O) groups is 2. The van der Waals surface area contributed by atoms with Gasteiger partial charge in [-0.15, -0.1) is 0 Å². The summed E-state index contributed by atoms with van der Waals surface area (Å²) in [6, 6.07) is -0.770. The first-order chi connectivity index (χ1) is 10.3. The van der Waals surface area contributed by atoms with Crippen molar-refractivity contribution in [2.24, 2.45) is 0 Å². The number of nitrogens with one attached hydrogen (secondary N) is 1. The van der Waals surface area contributed by atoms with Gasteiger partial charge in [0, 0.05) is 19.8 Å². The van der Waals surface area contributed by atoms with Crippen LogP contribution < -0.4 is 5.32 Å². The van der Waals surface area contributed by atoms with E-state index in [2.05, 4.69) is 5.32 Å². The fourth-order valence-electron chi connectivity index (χ4n) is 2.29. The molecular formula is C15H27NO6. The van der Waals surface area contributed by atoms with Crippen molar-refractivity contribution in [3.63, 3.8) is 0 Å². The molecular weight excluding hydrogens is 290 g/mol. The standard InChI is InChI=1S/C15H27NO6/c1-5-6-13(18)22-12-7-11(8-20-9(2)3)21-15(19)14(12)16-10(4)17/h9,11-12,14-15,19H,5-8H2,1-4H3,(H,16,17)/t11?,12?,14?,15-/m1/s1. The van der Waals surface area contributed by atoms with Crippen molar-refractivity contribution in [1.82, 2.24) is 5.32 Å². The Bertz CT molecular complexity index is 373. The Kier molecular flexibility index (Phi) is 7.78. The first kappa shape index (κ1) is 18.9. The molecule has 0 aromatic heterocycles. The Morgan fingerprint density at radius 1 is 1.41 bits per heavy atom. The Morgan fingerprint density at radius 3 is 2.64 bits per heavy atom. The smallest absolute Gasteiger partial charge is 0.306 e. The van der Waals surface area contributed by atoms with Crippen molar-refractivity contribution >= 4 is 11.9 Å². The van der Waals surface area contributed by atoms with Crippen LogP contribution in [-0.4, -0.2) is 54.2 Å². The zero-order valence-corrected chi connectivity index (χ0v) is 13.7. The Hall–Kier alpha value is -1.18. The van der Waals surface area contributed by atoms with E-state index in [1.807, 2.05) is 20.8 Å². The van der Waals surface area contributed by atoms with Gasteiger partial charge in [0.2, 0.25) is 5.91 Å². The zero-order valence-electron chi connectivity index (χ0n) is 13.7. The van der Waals surface area contributed by atoms with Gasteiger partial charge in [0.25, 0.3) is 0 Å². The summed E-state index contributed by atoms with van der Waals surface area (Å²) in [5.41, 5.74) is 0. The van der Waals surface area contributed by atoms with Gasteiger partial charge in [-0.05, 0) is 20.3 Å². The normalized spacial score (nSPS) is 28.5. The van der Waals surface area contributed by atoms with Gasteiger partial charge >= 0.3 is 5.97 Å². The highest BCUT2D eigenvalue weighted by Gasteiger charge is 2.40. The van der Waals surface area contributed by atoms with Crippen molar-refractivity contribution in [2.45, 2.75) is 77.6 Å². The summed E-state index contributed by atoms with van der Waals surface area (Å²) in [4.78, 5) is 23.0. The zero-order chi connectivity index (χ0) is 16.7. The first-order valence-electron chi connectivity index (χ1n) is 7.75. The molecule has 128 valence electrons. The van der Waals surface area contributed by atoms with Gasteiger partial charge in [0.15, 0.2) is 6.29 Å². The van der Waals surface area contributed by atoms with Crippen molar-refractivity contribution in [3.05, 3.63) is 0 Å². The van der Waals surface area contributed by atoms with Crippen LogP contribution in [0.1, 0.15) is 47.0 Å². The molecule has 2 N–H and O–H groups in total. The number of hydrogen-bond donors (Lipinski definition) is 2. The monoisotopic (exact) mass is 317 g/mol. The van der Waals surface area contributed by atoms with Gasteiger partial charge in [-0.1, -0.05) is 6.92 Å². The van der Waals surface area contributed by atoms with Gasteiger partial charge in [-0.25, -0.2) is 0 Å². The number of hydrogen-bond acceptors (Lipinski definition) is 6. The molecule has 1 heterocycles. The predicted molar refractivity (Wildman–Crippen MR) is 79.0 cm³/mol. The predicted octanol–water partition coefficient (Wildman–Crippen LogP) is 0.735. The van der Waals surface area contributed by atoms with E-state index in [-0.39, 0.29) is 24.1 Å². The molecule has 1 aliphatic heterocycles. The SMILES string of the molecule is CCCC(=O)OC1CC(COC(C)C)O[C@@H](O)C1NC(C)=O. The van der Waals surface area contributed by atoms with E-state index in [0.29, 0.717) is 25.9 Å². The highest BCUT2D eigenvalue weighted by Crippen LogP contribution is 2.23. The first-order valence-corrected chi connectivity index (χ1v) is 7.75. The highest BCUT2D eigenvalue weighted by atomic mass is 16.6. The molecule has 3 unspecified atom stereocenters. The largest absolute Gasteiger partial charge is 0.460 e. The minimum absolute atomic E-state index is 0.0369. The maximum absolute atomic E-state index is 11.7. The summed E-state index contributed by atoms with van der Waals surface area (Å²) in [5, 5.41) is 12.7. The molecule has 0 aromatic carbocycles. The van der Waals surface area contributed by atoms with Crippen LogP contribution in [0.25, 0.3) is 0 Å². The topological polar surface area (TPSA) is 94.1 Å². The van der Waals surface area contributed by atoms with Crippen LogP contribution in [0.2, 0.25) is 0 Å². The molecule has 0 bridgehead atoms. The van der Waals surface area contributed by atoms with Crippen molar-refractivity contribution in [2.75, 3.05) is 6.61 Å². The molecule has 0 saturated carbocycles. The summed E-state index contributed by atoms with van der Waals surface area (Å²) in [6.07, 6.45) is -0.880. The van der Waals surface area contributed by atoms with Gasteiger partial charge in [0.05, 0.1) is 18.8 Å². The lowest BCUT2D eigenvalue weighted by molar-refractivity contribution is -0.226. The van der Waals surface area contributed by atoms with E-state index in [4.69, 9.17) is 14.2 Å². The number of esters is 1. The van der Waals surface area contributed by atoms with Crippen LogP contribution in [-0.2, 0) is 23.8 Å². The Morgan fingerprint density at radius 2 is 2.09 bits per heavy atom. The number of carbonyl (C=O) groups excluding carboxylic acids is 2. The van der Waals surface area contributed by atoms with Gasteiger partial charge in [-0.3, -0.25) is 9.59 Å². The average Bonchev–Trinajstić information content (AvgIpc) is 2.40. The minimum Gasteiger partial charge on any atom is -0.460 e. The lowest BCUT2D eigenvalue weighted by Gasteiger charge is -2.39. The van der Waals surface area contributed by atoms with Crippen LogP contribution in [0.15, 0.2) is 0 Å². The molecule has 0 spiro atoms. The maximum Gasteiger partial charge on any atom is 0.306 e. The van der Waals surface area contributed by atoms with E-state index < -0.39 is 18.4 Å². The second-order valence-corrected chi connectivity index (χ2v) is 5.77.